The lowest BCUT2D eigenvalue weighted by Crippen LogP contribution is -2.81. The minimum absolute atomic E-state index is 0.0690. The molecule has 104 valence electrons. The summed E-state index contributed by atoms with van der Waals surface area (Å²) in [7, 11) is 0. The minimum atomic E-state index is -0.907. The number of amides is 1. The summed E-state index contributed by atoms with van der Waals surface area (Å²) in [6, 6.07) is 0. The highest BCUT2D eigenvalue weighted by molar-refractivity contribution is 6.00. The normalized spacial score (nSPS) is 36.2. The van der Waals surface area contributed by atoms with Gasteiger partial charge in [-0.05, 0) is 12.8 Å². The number of aromatic nitrogens is 1. The van der Waals surface area contributed by atoms with E-state index in [1.807, 2.05) is 13.8 Å². The number of fused-ring (bicyclic) bond motifs is 1. The fraction of sp³-hybridized carbons (Fsp3) is 0.692. The van der Waals surface area contributed by atoms with E-state index in [0.717, 1.165) is 19.4 Å². The highest BCUT2D eigenvalue weighted by Crippen LogP contribution is 2.57. The molecular weight excluding hydrogens is 246 g/mol. The van der Waals surface area contributed by atoms with Gasteiger partial charge in [-0.25, -0.2) is 0 Å². The molecule has 1 saturated heterocycles. The maximum absolute atomic E-state index is 12.5. The smallest absolute Gasteiger partial charge is 0.245 e. The van der Waals surface area contributed by atoms with Crippen LogP contribution in [0.2, 0.25) is 0 Å². The van der Waals surface area contributed by atoms with E-state index < -0.39 is 5.54 Å². The lowest BCUT2D eigenvalue weighted by Gasteiger charge is -2.65. The standard InChI is InChI=1S/C13H19N3O3/c1-12(2)10-9(4-3-5-18-10)13(12,14)11(17)16-8-6-15-19-7-8/h6-7,9-10H,3-5,14H2,1-2H3,(H,16,17). The number of ether oxygens (including phenoxy) is 1. The van der Waals surface area contributed by atoms with Crippen molar-refractivity contribution in [2.45, 2.75) is 38.3 Å². The van der Waals surface area contributed by atoms with E-state index in [1.54, 1.807) is 0 Å². The Labute approximate surface area is 111 Å². The molecule has 3 atom stereocenters. The first-order chi connectivity index (χ1) is 8.98. The van der Waals surface area contributed by atoms with E-state index >= 15 is 0 Å². The second kappa shape index (κ2) is 4.05. The summed E-state index contributed by atoms with van der Waals surface area (Å²) in [6.07, 6.45) is 4.81. The quantitative estimate of drug-likeness (QED) is 0.837. The highest BCUT2D eigenvalue weighted by atomic mass is 16.5. The number of nitrogens with one attached hydrogen (secondary N) is 1. The average Bonchev–Trinajstić information content (AvgIpc) is 2.90. The third-order valence-electron chi connectivity index (χ3n) is 4.75. The van der Waals surface area contributed by atoms with Crippen LogP contribution in [0.4, 0.5) is 5.69 Å². The third kappa shape index (κ3) is 1.56. The van der Waals surface area contributed by atoms with Crippen molar-refractivity contribution in [2.75, 3.05) is 11.9 Å². The number of nitrogens with zero attached hydrogens (tertiary/aromatic N) is 1. The Morgan fingerprint density at radius 1 is 1.58 bits per heavy atom. The molecule has 1 amide bonds. The molecule has 1 aromatic rings. The summed E-state index contributed by atoms with van der Waals surface area (Å²) < 4.78 is 10.5. The van der Waals surface area contributed by atoms with Crippen LogP contribution in [-0.2, 0) is 9.53 Å². The maximum Gasteiger partial charge on any atom is 0.245 e. The first kappa shape index (κ1) is 12.6. The van der Waals surface area contributed by atoms with E-state index in [9.17, 15) is 4.79 Å². The van der Waals surface area contributed by atoms with Gasteiger partial charge in [0.15, 0.2) is 0 Å². The van der Waals surface area contributed by atoms with Gasteiger partial charge in [0.2, 0.25) is 5.91 Å². The average molecular weight is 265 g/mol. The topological polar surface area (TPSA) is 90.4 Å². The van der Waals surface area contributed by atoms with E-state index in [4.69, 9.17) is 15.0 Å². The lowest BCUT2D eigenvalue weighted by atomic mass is 9.46. The fourth-order valence-corrected chi connectivity index (χ4v) is 3.54. The number of anilines is 1. The van der Waals surface area contributed by atoms with Crippen LogP contribution >= 0.6 is 0 Å². The van der Waals surface area contributed by atoms with Crippen LogP contribution in [0.1, 0.15) is 26.7 Å². The zero-order valence-electron chi connectivity index (χ0n) is 11.2. The van der Waals surface area contributed by atoms with Crippen molar-refractivity contribution in [2.24, 2.45) is 17.1 Å². The molecule has 2 aliphatic rings. The van der Waals surface area contributed by atoms with Crippen molar-refractivity contribution in [3.8, 4) is 0 Å². The molecule has 2 heterocycles. The maximum atomic E-state index is 12.5. The number of hydrogen-bond acceptors (Lipinski definition) is 5. The van der Waals surface area contributed by atoms with Gasteiger partial charge in [0.25, 0.3) is 0 Å². The molecule has 0 spiro atoms. The van der Waals surface area contributed by atoms with Crippen LogP contribution in [-0.4, -0.2) is 29.3 Å². The van der Waals surface area contributed by atoms with Crippen molar-refractivity contribution in [3.63, 3.8) is 0 Å². The van der Waals surface area contributed by atoms with E-state index in [0.29, 0.717) is 5.69 Å². The van der Waals surface area contributed by atoms with Crippen LogP contribution in [0.15, 0.2) is 17.0 Å². The molecule has 1 aliphatic heterocycles. The molecule has 0 aromatic carbocycles. The van der Waals surface area contributed by atoms with Gasteiger partial charge < -0.3 is 20.3 Å². The van der Waals surface area contributed by atoms with Gasteiger partial charge in [-0.3, -0.25) is 4.79 Å². The number of rotatable bonds is 2. The minimum Gasteiger partial charge on any atom is -0.377 e. The molecule has 1 aromatic heterocycles. The molecular formula is C13H19N3O3. The van der Waals surface area contributed by atoms with Crippen LogP contribution in [0, 0.1) is 11.3 Å². The Morgan fingerprint density at radius 3 is 3.05 bits per heavy atom. The number of nitrogens with two attached hydrogens (primary N) is 1. The predicted octanol–water partition coefficient (Wildman–Crippen LogP) is 1.15. The first-order valence-corrected chi connectivity index (χ1v) is 6.59. The Kier molecular flexibility index (Phi) is 2.69. The second-order valence-electron chi connectivity index (χ2n) is 6.00. The van der Waals surface area contributed by atoms with Crippen LogP contribution in [0.3, 0.4) is 0 Å². The van der Waals surface area contributed by atoms with E-state index in [-0.39, 0.29) is 23.3 Å². The van der Waals surface area contributed by atoms with Gasteiger partial charge in [0, 0.05) is 17.9 Å². The summed E-state index contributed by atoms with van der Waals surface area (Å²) in [6.45, 7) is 4.74. The molecule has 2 fully saturated rings. The zero-order valence-corrected chi connectivity index (χ0v) is 11.2. The van der Waals surface area contributed by atoms with Crippen molar-refractivity contribution in [1.82, 2.24) is 5.16 Å². The molecule has 3 rings (SSSR count). The summed E-state index contributed by atoms with van der Waals surface area (Å²) >= 11 is 0. The largest absolute Gasteiger partial charge is 0.377 e. The Balaban J connectivity index is 1.83. The van der Waals surface area contributed by atoms with Crippen molar-refractivity contribution >= 4 is 11.6 Å². The monoisotopic (exact) mass is 265 g/mol. The molecule has 6 heteroatoms. The third-order valence-corrected chi connectivity index (χ3v) is 4.75. The molecule has 0 radical (unpaired) electrons. The van der Waals surface area contributed by atoms with Crippen molar-refractivity contribution in [1.29, 1.82) is 0 Å². The number of carbonyl (C=O) groups is 1. The summed E-state index contributed by atoms with van der Waals surface area (Å²) in [5, 5.41) is 6.34. The molecule has 0 bridgehead atoms. The predicted molar refractivity (Wildman–Crippen MR) is 68.3 cm³/mol. The molecule has 3 unspecified atom stereocenters. The van der Waals surface area contributed by atoms with Crippen LogP contribution in [0.25, 0.3) is 0 Å². The second-order valence-corrected chi connectivity index (χ2v) is 6.00. The number of hydrogen-bond donors (Lipinski definition) is 2. The van der Waals surface area contributed by atoms with Crippen molar-refractivity contribution in [3.05, 3.63) is 12.5 Å². The SMILES string of the molecule is CC1(C)C2OCCCC2C1(N)C(=O)Nc1cnoc1. The molecule has 6 nitrogen and oxygen atoms in total. The Hall–Kier alpha value is -1.40. The summed E-state index contributed by atoms with van der Waals surface area (Å²) in [4.78, 5) is 12.5. The van der Waals surface area contributed by atoms with E-state index in [1.165, 1.54) is 12.5 Å². The fourth-order valence-electron chi connectivity index (χ4n) is 3.54. The molecule has 1 aliphatic carbocycles. The van der Waals surface area contributed by atoms with Gasteiger partial charge >= 0.3 is 0 Å². The first-order valence-electron chi connectivity index (χ1n) is 6.59. The van der Waals surface area contributed by atoms with Crippen molar-refractivity contribution < 1.29 is 14.1 Å². The lowest BCUT2D eigenvalue weighted by molar-refractivity contribution is -0.222. The Bertz CT molecular complexity index is 485. The summed E-state index contributed by atoms with van der Waals surface area (Å²) in [5.41, 5.74) is 5.70. The van der Waals surface area contributed by atoms with Gasteiger partial charge in [0.05, 0.1) is 12.3 Å². The zero-order chi connectivity index (χ0) is 13.7. The van der Waals surface area contributed by atoms with Gasteiger partial charge in [-0.1, -0.05) is 19.0 Å². The van der Waals surface area contributed by atoms with Crippen LogP contribution < -0.4 is 11.1 Å². The highest BCUT2D eigenvalue weighted by Gasteiger charge is 2.70. The Morgan fingerprint density at radius 2 is 2.37 bits per heavy atom. The number of carbonyl (C=O) groups excluding carboxylic acids is 1. The molecule has 1 saturated carbocycles. The van der Waals surface area contributed by atoms with Crippen LogP contribution in [0.5, 0.6) is 0 Å². The van der Waals surface area contributed by atoms with Gasteiger partial charge in [-0.15, -0.1) is 0 Å². The molecule has 3 N–H and O–H groups in total. The summed E-state index contributed by atoms with van der Waals surface area (Å²) in [5.74, 6) is -0.108. The van der Waals surface area contributed by atoms with E-state index in [2.05, 4.69) is 10.5 Å². The molecule has 19 heavy (non-hydrogen) atoms. The van der Waals surface area contributed by atoms with Gasteiger partial charge in [-0.2, -0.15) is 0 Å². The van der Waals surface area contributed by atoms with Gasteiger partial charge in [0.1, 0.15) is 17.5 Å².